The van der Waals surface area contributed by atoms with Crippen molar-refractivity contribution in [3.63, 3.8) is 0 Å². The van der Waals surface area contributed by atoms with E-state index >= 15 is 0 Å². The van der Waals surface area contributed by atoms with Gasteiger partial charge in [-0.3, -0.25) is 9.59 Å². The van der Waals surface area contributed by atoms with Crippen LogP contribution in [0.3, 0.4) is 0 Å². The molecular formula is C11H19N3O2S. The van der Waals surface area contributed by atoms with Gasteiger partial charge in [-0.1, -0.05) is 0 Å². The summed E-state index contributed by atoms with van der Waals surface area (Å²) >= 11 is 1.83. The van der Waals surface area contributed by atoms with Crippen molar-refractivity contribution >= 4 is 23.6 Å². The highest BCUT2D eigenvalue weighted by Gasteiger charge is 2.25. The molecule has 1 unspecified atom stereocenters. The average Bonchev–Trinajstić information content (AvgIpc) is 2.68. The van der Waals surface area contributed by atoms with Crippen molar-refractivity contribution in [1.82, 2.24) is 15.5 Å². The van der Waals surface area contributed by atoms with E-state index in [1.54, 1.807) is 4.90 Å². The summed E-state index contributed by atoms with van der Waals surface area (Å²) in [6.07, 6.45) is 1.89. The molecule has 17 heavy (non-hydrogen) atoms. The summed E-state index contributed by atoms with van der Waals surface area (Å²) in [6.45, 7) is 3.01. The number of thioether (sulfide) groups is 1. The maximum atomic E-state index is 11.9. The number of nitrogens with one attached hydrogen (secondary N) is 2. The van der Waals surface area contributed by atoms with Crippen molar-refractivity contribution in [3.8, 4) is 0 Å². The first-order valence-electron chi connectivity index (χ1n) is 6.15. The largest absolute Gasteiger partial charge is 0.344 e. The molecule has 0 spiro atoms. The molecule has 2 rings (SSSR count). The number of nitrogens with zero attached hydrogens (tertiary/aromatic N) is 1. The van der Waals surface area contributed by atoms with Crippen molar-refractivity contribution in [2.45, 2.75) is 18.9 Å². The maximum Gasteiger partial charge on any atom is 0.311 e. The van der Waals surface area contributed by atoms with Crippen molar-refractivity contribution < 1.29 is 9.59 Å². The van der Waals surface area contributed by atoms with Crippen LogP contribution >= 0.6 is 11.8 Å². The second kappa shape index (κ2) is 6.26. The Morgan fingerprint density at radius 1 is 1.29 bits per heavy atom. The van der Waals surface area contributed by atoms with Crippen LogP contribution in [-0.2, 0) is 9.59 Å². The lowest BCUT2D eigenvalue weighted by atomic mass is 10.2. The fourth-order valence-corrected chi connectivity index (χ4v) is 3.24. The zero-order valence-electron chi connectivity index (χ0n) is 9.91. The fourth-order valence-electron chi connectivity index (χ4n) is 2.09. The highest BCUT2D eigenvalue weighted by atomic mass is 32.2. The molecule has 2 N–H and O–H groups in total. The summed E-state index contributed by atoms with van der Waals surface area (Å²) in [5.74, 6) is 1.21. The van der Waals surface area contributed by atoms with Crippen LogP contribution in [-0.4, -0.2) is 60.4 Å². The highest BCUT2D eigenvalue weighted by Crippen LogP contribution is 2.16. The van der Waals surface area contributed by atoms with Crippen LogP contribution in [0.4, 0.5) is 0 Å². The summed E-state index contributed by atoms with van der Waals surface area (Å²) < 4.78 is 0. The van der Waals surface area contributed by atoms with Gasteiger partial charge in [0.25, 0.3) is 0 Å². The van der Waals surface area contributed by atoms with Gasteiger partial charge in [-0.05, 0) is 25.1 Å². The van der Waals surface area contributed by atoms with Crippen molar-refractivity contribution in [3.05, 3.63) is 0 Å². The van der Waals surface area contributed by atoms with E-state index < -0.39 is 5.91 Å². The van der Waals surface area contributed by atoms with Crippen LogP contribution in [0.5, 0.6) is 0 Å². The van der Waals surface area contributed by atoms with Gasteiger partial charge in [0.2, 0.25) is 0 Å². The van der Waals surface area contributed by atoms with E-state index in [-0.39, 0.29) is 11.9 Å². The van der Waals surface area contributed by atoms with E-state index in [2.05, 4.69) is 10.6 Å². The summed E-state index contributed by atoms with van der Waals surface area (Å²) in [6, 6.07) is 0.182. The Kier molecular flexibility index (Phi) is 4.67. The van der Waals surface area contributed by atoms with E-state index in [0.717, 1.165) is 37.4 Å². The van der Waals surface area contributed by atoms with Gasteiger partial charge in [-0.25, -0.2) is 0 Å². The standard InChI is InChI=1S/C11H19N3O2S/c15-10(13-9-2-7-17-8-9)11(16)14-5-1-3-12-4-6-14/h9,12H,1-8H2,(H,13,15). The Morgan fingerprint density at radius 3 is 2.94 bits per heavy atom. The monoisotopic (exact) mass is 257 g/mol. The Hall–Kier alpha value is -0.750. The Balaban J connectivity index is 1.82. The minimum Gasteiger partial charge on any atom is -0.344 e. The Morgan fingerprint density at radius 2 is 2.18 bits per heavy atom. The summed E-state index contributed by atoms with van der Waals surface area (Å²) in [7, 11) is 0. The molecule has 2 aliphatic rings. The third-order valence-corrected chi connectivity index (χ3v) is 4.25. The normalized spacial score (nSPS) is 25.4. The van der Waals surface area contributed by atoms with Gasteiger partial charge in [0.05, 0.1) is 0 Å². The van der Waals surface area contributed by atoms with Crippen LogP contribution in [0.1, 0.15) is 12.8 Å². The third-order valence-electron chi connectivity index (χ3n) is 3.09. The molecule has 0 aromatic carbocycles. The summed E-state index contributed by atoms with van der Waals surface area (Å²) in [4.78, 5) is 25.3. The molecule has 0 bridgehead atoms. The van der Waals surface area contributed by atoms with E-state index in [1.807, 2.05) is 11.8 Å². The lowest BCUT2D eigenvalue weighted by molar-refractivity contribution is -0.146. The highest BCUT2D eigenvalue weighted by molar-refractivity contribution is 7.99. The van der Waals surface area contributed by atoms with Crippen LogP contribution in [0.15, 0.2) is 0 Å². The van der Waals surface area contributed by atoms with Crippen LogP contribution in [0.25, 0.3) is 0 Å². The predicted octanol–water partition coefficient (Wildman–Crippen LogP) is -0.570. The van der Waals surface area contributed by atoms with Gasteiger partial charge in [-0.15, -0.1) is 0 Å². The molecule has 2 heterocycles. The average molecular weight is 257 g/mol. The number of rotatable bonds is 1. The molecule has 0 aromatic heterocycles. The van der Waals surface area contributed by atoms with Crippen LogP contribution < -0.4 is 10.6 Å². The van der Waals surface area contributed by atoms with Gasteiger partial charge in [0.15, 0.2) is 0 Å². The molecule has 0 saturated carbocycles. The van der Waals surface area contributed by atoms with Crippen molar-refractivity contribution in [2.24, 2.45) is 0 Å². The number of carbonyl (C=O) groups is 2. The van der Waals surface area contributed by atoms with Gasteiger partial charge in [0, 0.05) is 31.4 Å². The number of hydrogen-bond acceptors (Lipinski definition) is 4. The molecule has 6 heteroatoms. The first-order chi connectivity index (χ1) is 8.27. The zero-order valence-corrected chi connectivity index (χ0v) is 10.7. The first kappa shape index (κ1) is 12.7. The van der Waals surface area contributed by atoms with Crippen molar-refractivity contribution in [1.29, 1.82) is 0 Å². The maximum absolute atomic E-state index is 11.9. The molecule has 2 fully saturated rings. The zero-order chi connectivity index (χ0) is 12.1. The SMILES string of the molecule is O=C(NC1CCSC1)C(=O)N1CCCNCC1. The molecule has 5 nitrogen and oxygen atoms in total. The molecular weight excluding hydrogens is 238 g/mol. The summed E-state index contributed by atoms with van der Waals surface area (Å²) in [5, 5.41) is 6.04. The van der Waals surface area contributed by atoms with Gasteiger partial charge in [0.1, 0.15) is 0 Å². The molecule has 2 aliphatic heterocycles. The number of hydrogen-bond donors (Lipinski definition) is 2. The van der Waals surface area contributed by atoms with E-state index in [4.69, 9.17) is 0 Å². The molecule has 2 amide bonds. The Labute approximate surface area is 106 Å². The minimum absolute atomic E-state index is 0.182. The first-order valence-corrected chi connectivity index (χ1v) is 7.31. The van der Waals surface area contributed by atoms with Crippen LogP contribution in [0.2, 0.25) is 0 Å². The van der Waals surface area contributed by atoms with Gasteiger partial charge >= 0.3 is 11.8 Å². The topological polar surface area (TPSA) is 61.4 Å². The van der Waals surface area contributed by atoms with E-state index in [9.17, 15) is 9.59 Å². The van der Waals surface area contributed by atoms with Gasteiger partial charge in [-0.2, -0.15) is 11.8 Å². The molecule has 96 valence electrons. The Bertz CT molecular complexity index is 284. The second-order valence-corrected chi connectivity index (χ2v) is 5.58. The van der Waals surface area contributed by atoms with Crippen LogP contribution in [0, 0.1) is 0 Å². The lowest BCUT2D eigenvalue weighted by Crippen LogP contribution is -2.47. The number of amides is 2. The number of carbonyl (C=O) groups excluding carboxylic acids is 2. The minimum atomic E-state index is -0.431. The molecule has 0 radical (unpaired) electrons. The molecule has 0 aromatic rings. The predicted molar refractivity (Wildman–Crippen MR) is 67.9 cm³/mol. The fraction of sp³-hybridized carbons (Fsp3) is 0.818. The third kappa shape index (κ3) is 3.61. The molecule has 2 saturated heterocycles. The molecule has 0 aliphatic carbocycles. The van der Waals surface area contributed by atoms with Crippen molar-refractivity contribution in [2.75, 3.05) is 37.7 Å². The lowest BCUT2D eigenvalue weighted by Gasteiger charge is -2.20. The van der Waals surface area contributed by atoms with Gasteiger partial charge < -0.3 is 15.5 Å². The van der Waals surface area contributed by atoms with E-state index in [0.29, 0.717) is 13.1 Å². The second-order valence-electron chi connectivity index (χ2n) is 4.43. The quantitative estimate of drug-likeness (QED) is 0.618. The summed E-state index contributed by atoms with van der Waals surface area (Å²) in [5.41, 5.74) is 0. The molecule has 1 atom stereocenters. The smallest absolute Gasteiger partial charge is 0.311 e. The van der Waals surface area contributed by atoms with E-state index in [1.165, 1.54) is 0 Å².